The highest BCUT2D eigenvalue weighted by Gasteiger charge is 2.23. The summed E-state index contributed by atoms with van der Waals surface area (Å²) in [4.78, 5) is 13.7. The summed E-state index contributed by atoms with van der Waals surface area (Å²) in [5, 5.41) is 12.2. The number of anilines is 1. The van der Waals surface area contributed by atoms with Crippen molar-refractivity contribution in [3.8, 4) is 6.07 Å². The lowest BCUT2D eigenvalue weighted by molar-refractivity contribution is -0.122. The molecule has 1 unspecified atom stereocenters. The average Bonchev–Trinajstić information content (AvgIpc) is 2.69. The molecule has 2 aromatic rings. The topological polar surface area (TPSA) is 82.2 Å². The van der Waals surface area contributed by atoms with Gasteiger partial charge in [-0.3, -0.25) is 4.79 Å². The molecule has 1 aliphatic rings. The average molecular weight is 385 g/mol. The Bertz CT molecular complexity index is 783. The van der Waals surface area contributed by atoms with Crippen LogP contribution in [0.25, 0.3) is 0 Å². The predicted octanol–water partition coefficient (Wildman–Crippen LogP) is 2.97. The predicted molar refractivity (Wildman–Crippen MR) is 110 cm³/mol. The highest BCUT2D eigenvalue weighted by molar-refractivity contribution is 5.85. The summed E-state index contributed by atoms with van der Waals surface area (Å²) in [7, 11) is 0. The molecule has 3 rings (SSSR count). The molecule has 0 radical (unpaired) electrons. The zero-order valence-corrected chi connectivity index (χ0v) is 16.0. The van der Waals surface area contributed by atoms with E-state index in [0.29, 0.717) is 12.1 Å². The zero-order valence-electron chi connectivity index (χ0n) is 15.2. The van der Waals surface area contributed by atoms with Gasteiger partial charge in [-0.25, -0.2) is 0 Å². The molecule has 1 heterocycles. The zero-order chi connectivity index (χ0) is 18.4. The quantitative estimate of drug-likeness (QED) is 0.802. The molecule has 0 bridgehead atoms. The van der Waals surface area contributed by atoms with Gasteiger partial charge < -0.3 is 16.0 Å². The first-order valence-corrected chi connectivity index (χ1v) is 8.98. The summed E-state index contributed by atoms with van der Waals surface area (Å²) < 4.78 is 0. The van der Waals surface area contributed by atoms with Crippen LogP contribution in [0.4, 0.5) is 5.69 Å². The minimum absolute atomic E-state index is 0. The fourth-order valence-corrected chi connectivity index (χ4v) is 3.32. The van der Waals surface area contributed by atoms with Crippen LogP contribution < -0.4 is 16.0 Å². The Balaban J connectivity index is 0.00000261. The second-order valence-corrected chi connectivity index (χ2v) is 6.77. The smallest absolute Gasteiger partial charge is 0.222 e. The molecule has 0 spiro atoms. The lowest BCUT2D eigenvalue weighted by Gasteiger charge is -2.33. The Morgan fingerprint density at radius 2 is 1.70 bits per heavy atom. The molecule has 1 fully saturated rings. The van der Waals surface area contributed by atoms with Gasteiger partial charge in [-0.1, -0.05) is 24.3 Å². The standard InChI is InChI=1S/C21H24N4O.ClH/c22-12-16-3-5-17(6-4-16)13-24-14-18-7-9-20(10-8-18)25-11-1-2-19(15-25)21(23)26;/h3-10,19,24H,1-2,11,13-15H2,(H2,23,26);1H. The number of hydrogen-bond acceptors (Lipinski definition) is 4. The third kappa shape index (κ3) is 5.72. The van der Waals surface area contributed by atoms with Gasteiger partial charge in [0.25, 0.3) is 0 Å². The number of nitrogens with two attached hydrogens (primary N) is 1. The summed E-state index contributed by atoms with van der Waals surface area (Å²) >= 11 is 0. The van der Waals surface area contributed by atoms with Gasteiger partial charge in [-0.2, -0.15) is 5.26 Å². The number of amides is 1. The first-order valence-electron chi connectivity index (χ1n) is 8.98. The number of primary amides is 1. The van der Waals surface area contributed by atoms with Gasteiger partial charge in [0, 0.05) is 31.9 Å². The Morgan fingerprint density at radius 3 is 2.26 bits per heavy atom. The van der Waals surface area contributed by atoms with E-state index in [1.54, 1.807) is 0 Å². The van der Waals surface area contributed by atoms with E-state index >= 15 is 0 Å². The molecular weight excluding hydrogens is 360 g/mol. The highest BCUT2D eigenvalue weighted by atomic mass is 35.5. The number of nitrogens with one attached hydrogen (secondary N) is 1. The summed E-state index contributed by atoms with van der Waals surface area (Å²) in [6.07, 6.45) is 1.89. The number of halogens is 1. The summed E-state index contributed by atoms with van der Waals surface area (Å²) in [5.74, 6) is -0.240. The number of hydrogen-bond donors (Lipinski definition) is 2. The van der Waals surface area contributed by atoms with Crippen molar-refractivity contribution in [1.29, 1.82) is 5.26 Å². The van der Waals surface area contributed by atoms with Crippen LogP contribution in [0.1, 0.15) is 29.5 Å². The lowest BCUT2D eigenvalue weighted by atomic mass is 9.97. The molecule has 142 valence electrons. The van der Waals surface area contributed by atoms with Crippen molar-refractivity contribution in [3.63, 3.8) is 0 Å². The lowest BCUT2D eigenvalue weighted by Crippen LogP contribution is -2.41. The summed E-state index contributed by atoms with van der Waals surface area (Å²) in [6, 6.07) is 18.2. The number of carbonyl (C=O) groups is 1. The van der Waals surface area contributed by atoms with Crippen LogP contribution in [0, 0.1) is 17.2 Å². The third-order valence-corrected chi connectivity index (χ3v) is 4.87. The molecule has 0 aliphatic carbocycles. The molecule has 2 aromatic carbocycles. The normalized spacial score (nSPS) is 16.3. The van der Waals surface area contributed by atoms with Crippen LogP contribution in [-0.4, -0.2) is 19.0 Å². The molecule has 6 heteroatoms. The Morgan fingerprint density at radius 1 is 1.11 bits per heavy atom. The monoisotopic (exact) mass is 384 g/mol. The number of nitrogens with zero attached hydrogens (tertiary/aromatic N) is 2. The Kier molecular flexibility index (Phi) is 7.66. The van der Waals surface area contributed by atoms with Crippen LogP contribution >= 0.6 is 12.4 Å². The minimum atomic E-state index is -0.196. The molecule has 1 aliphatic heterocycles. The van der Waals surface area contributed by atoms with Gasteiger partial charge >= 0.3 is 0 Å². The second-order valence-electron chi connectivity index (χ2n) is 6.77. The van der Waals surface area contributed by atoms with E-state index in [0.717, 1.165) is 43.7 Å². The van der Waals surface area contributed by atoms with Gasteiger partial charge in [-0.05, 0) is 48.2 Å². The summed E-state index contributed by atoms with van der Waals surface area (Å²) in [6.45, 7) is 3.23. The van der Waals surface area contributed by atoms with Crippen molar-refractivity contribution in [1.82, 2.24) is 5.32 Å². The van der Waals surface area contributed by atoms with E-state index in [2.05, 4.69) is 40.6 Å². The van der Waals surface area contributed by atoms with Crippen LogP contribution in [0.15, 0.2) is 48.5 Å². The van der Waals surface area contributed by atoms with Crippen molar-refractivity contribution in [3.05, 3.63) is 65.2 Å². The van der Waals surface area contributed by atoms with Gasteiger partial charge in [0.1, 0.15) is 0 Å². The molecular formula is C21H25ClN4O. The number of nitriles is 1. The largest absolute Gasteiger partial charge is 0.371 e. The fourth-order valence-electron chi connectivity index (χ4n) is 3.32. The highest BCUT2D eigenvalue weighted by Crippen LogP contribution is 2.23. The van der Waals surface area contributed by atoms with Gasteiger partial charge in [0.05, 0.1) is 17.6 Å². The number of rotatable bonds is 6. The number of carbonyl (C=O) groups excluding carboxylic acids is 1. The van der Waals surface area contributed by atoms with E-state index in [-0.39, 0.29) is 24.2 Å². The minimum Gasteiger partial charge on any atom is -0.371 e. The van der Waals surface area contributed by atoms with Gasteiger partial charge in [0.2, 0.25) is 5.91 Å². The maximum atomic E-state index is 11.4. The molecule has 1 amide bonds. The van der Waals surface area contributed by atoms with Gasteiger partial charge in [0.15, 0.2) is 0 Å². The van der Waals surface area contributed by atoms with Crippen LogP contribution in [0.3, 0.4) is 0 Å². The molecule has 5 nitrogen and oxygen atoms in total. The first-order chi connectivity index (χ1) is 12.7. The SMILES string of the molecule is Cl.N#Cc1ccc(CNCc2ccc(N3CCCC(C(N)=O)C3)cc2)cc1. The van der Waals surface area contributed by atoms with E-state index in [9.17, 15) is 4.79 Å². The summed E-state index contributed by atoms with van der Waals surface area (Å²) in [5.41, 5.74) is 9.66. The second kappa shape index (κ2) is 9.96. The van der Waals surface area contributed by atoms with E-state index in [1.807, 2.05) is 24.3 Å². The van der Waals surface area contributed by atoms with Crippen molar-refractivity contribution < 1.29 is 4.79 Å². The van der Waals surface area contributed by atoms with Crippen LogP contribution in [-0.2, 0) is 17.9 Å². The maximum Gasteiger partial charge on any atom is 0.222 e. The molecule has 0 aromatic heterocycles. The van der Waals surface area contributed by atoms with Crippen LogP contribution in [0.2, 0.25) is 0 Å². The van der Waals surface area contributed by atoms with Crippen LogP contribution in [0.5, 0.6) is 0 Å². The molecule has 27 heavy (non-hydrogen) atoms. The van der Waals surface area contributed by atoms with E-state index in [1.165, 1.54) is 5.56 Å². The maximum absolute atomic E-state index is 11.4. The van der Waals surface area contributed by atoms with Crippen molar-refractivity contribution in [2.24, 2.45) is 11.7 Å². The molecule has 1 atom stereocenters. The molecule has 1 saturated heterocycles. The van der Waals surface area contributed by atoms with E-state index < -0.39 is 0 Å². The molecule has 3 N–H and O–H groups in total. The number of benzene rings is 2. The third-order valence-electron chi connectivity index (χ3n) is 4.87. The molecule has 0 saturated carbocycles. The van der Waals surface area contributed by atoms with Crippen molar-refractivity contribution in [2.75, 3.05) is 18.0 Å². The van der Waals surface area contributed by atoms with Crippen molar-refractivity contribution >= 4 is 24.0 Å². The van der Waals surface area contributed by atoms with Crippen molar-refractivity contribution in [2.45, 2.75) is 25.9 Å². The Hall–Kier alpha value is -2.55. The number of piperidine rings is 1. The first kappa shape index (κ1) is 20.8. The Labute approximate surface area is 166 Å². The fraction of sp³-hybridized carbons (Fsp3) is 0.333. The van der Waals surface area contributed by atoms with E-state index in [4.69, 9.17) is 11.0 Å². The van der Waals surface area contributed by atoms with Gasteiger partial charge in [-0.15, -0.1) is 12.4 Å².